The average Bonchev–Trinajstić information content (AvgIpc) is 2.97. The molecule has 0 radical (unpaired) electrons. The topological polar surface area (TPSA) is 87.7 Å². The van der Waals surface area contributed by atoms with Gasteiger partial charge in [0.05, 0.1) is 6.42 Å². The SMILES string of the molecule is CC(C)NC(=O)[C@H](Cc1ccc(OCc2ccccc2)cc1)NC(=O)CC1CCN(C(=O)Cc2ccccc2)CC1. The zero-order valence-corrected chi connectivity index (χ0v) is 24.1. The summed E-state index contributed by atoms with van der Waals surface area (Å²) < 4.78 is 5.88. The monoisotopic (exact) mass is 555 g/mol. The minimum atomic E-state index is -0.673. The van der Waals surface area contributed by atoms with Gasteiger partial charge in [0.1, 0.15) is 18.4 Å². The summed E-state index contributed by atoms with van der Waals surface area (Å²) in [6.45, 7) is 5.60. The summed E-state index contributed by atoms with van der Waals surface area (Å²) in [6.07, 6.45) is 2.69. The first-order valence-corrected chi connectivity index (χ1v) is 14.5. The molecule has 2 N–H and O–H groups in total. The number of hydrogen-bond donors (Lipinski definition) is 2. The number of nitrogens with zero attached hydrogens (tertiary/aromatic N) is 1. The number of likely N-dealkylation sites (tertiary alicyclic amines) is 1. The molecular weight excluding hydrogens is 514 g/mol. The molecule has 0 unspecified atom stereocenters. The predicted molar refractivity (Wildman–Crippen MR) is 160 cm³/mol. The highest BCUT2D eigenvalue weighted by Gasteiger charge is 2.27. The number of hydrogen-bond acceptors (Lipinski definition) is 4. The van der Waals surface area contributed by atoms with Crippen LogP contribution < -0.4 is 15.4 Å². The molecule has 0 spiro atoms. The maximum absolute atomic E-state index is 13.0. The first-order valence-electron chi connectivity index (χ1n) is 14.5. The van der Waals surface area contributed by atoms with E-state index in [0.717, 1.165) is 35.3 Å². The van der Waals surface area contributed by atoms with Crippen LogP contribution in [0.2, 0.25) is 0 Å². The molecule has 216 valence electrons. The Bertz CT molecular complexity index is 1250. The van der Waals surface area contributed by atoms with Crippen molar-refractivity contribution in [2.75, 3.05) is 13.1 Å². The van der Waals surface area contributed by atoms with Gasteiger partial charge in [-0.15, -0.1) is 0 Å². The molecule has 3 amide bonds. The summed E-state index contributed by atoms with van der Waals surface area (Å²) >= 11 is 0. The van der Waals surface area contributed by atoms with Gasteiger partial charge in [-0.3, -0.25) is 14.4 Å². The van der Waals surface area contributed by atoms with Gasteiger partial charge in [0.2, 0.25) is 17.7 Å². The molecule has 0 bridgehead atoms. The van der Waals surface area contributed by atoms with Crippen molar-refractivity contribution in [1.82, 2.24) is 15.5 Å². The molecular formula is C34H41N3O4. The number of piperidine rings is 1. The second kappa shape index (κ2) is 15.0. The Morgan fingerprint density at radius 3 is 2.02 bits per heavy atom. The minimum absolute atomic E-state index is 0.0339. The summed E-state index contributed by atoms with van der Waals surface area (Å²) in [5.41, 5.74) is 3.04. The Labute approximate surface area is 243 Å². The van der Waals surface area contributed by atoms with Crippen LogP contribution >= 0.6 is 0 Å². The minimum Gasteiger partial charge on any atom is -0.489 e. The first-order chi connectivity index (χ1) is 19.9. The van der Waals surface area contributed by atoms with Crippen LogP contribution in [0.15, 0.2) is 84.9 Å². The van der Waals surface area contributed by atoms with E-state index in [4.69, 9.17) is 4.74 Å². The largest absolute Gasteiger partial charge is 0.489 e. The third kappa shape index (κ3) is 9.78. The highest BCUT2D eigenvalue weighted by molar-refractivity contribution is 5.88. The standard InChI is InChI=1S/C34H41N3O4/c1-25(2)35-34(40)31(21-27-13-15-30(16-14-27)41-24-29-11-7-4-8-12-29)36-32(38)22-28-17-19-37(20-18-28)33(39)23-26-9-5-3-6-10-26/h3-16,25,28,31H,17-24H2,1-2H3,(H,35,40)(H,36,38)/t31-/m0/s1. The van der Waals surface area contributed by atoms with Crippen LogP contribution in [0.1, 0.15) is 49.8 Å². The summed E-state index contributed by atoms with van der Waals surface area (Å²) in [5, 5.41) is 5.92. The van der Waals surface area contributed by atoms with E-state index in [-0.39, 0.29) is 29.7 Å². The zero-order valence-electron chi connectivity index (χ0n) is 24.1. The molecule has 0 aromatic heterocycles. The fourth-order valence-electron chi connectivity index (χ4n) is 5.08. The summed E-state index contributed by atoms with van der Waals surface area (Å²) in [7, 11) is 0. The van der Waals surface area contributed by atoms with E-state index >= 15 is 0 Å². The number of benzene rings is 3. The van der Waals surface area contributed by atoms with Crippen LogP contribution in [-0.4, -0.2) is 47.8 Å². The molecule has 7 nitrogen and oxygen atoms in total. The summed E-state index contributed by atoms with van der Waals surface area (Å²) in [5.74, 6) is 0.731. The van der Waals surface area contributed by atoms with E-state index < -0.39 is 6.04 Å². The molecule has 0 saturated carbocycles. The van der Waals surface area contributed by atoms with Crippen LogP contribution in [0.4, 0.5) is 0 Å². The van der Waals surface area contributed by atoms with Gasteiger partial charge in [-0.05, 0) is 61.4 Å². The number of carbonyl (C=O) groups is 3. The third-order valence-electron chi connectivity index (χ3n) is 7.33. The Morgan fingerprint density at radius 1 is 0.805 bits per heavy atom. The number of rotatable bonds is 12. The molecule has 41 heavy (non-hydrogen) atoms. The van der Waals surface area contributed by atoms with E-state index in [2.05, 4.69) is 10.6 Å². The Morgan fingerprint density at radius 2 is 1.41 bits per heavy atom. The Kier molecular flexibility index (Phi) is 10.9. The van der Waals surface area contributed by atoms with Crippen molar-refractivity contribution in [1.29, 1.82) is 0 Å². The van der Waals surface area contributed by atoms with Crippen LogP contribution in [0.3, 0.4) is 0 Å². The van der Waals surface area contributed by atoms with Crippen molar-refractivity contribution < 1.29 is 19.1 Å². The van der Waals surface area contributed by atoms with E-state index in [1.165, 1.54) is 0 Å². The van der Waals surface area contributed by atoms with Crippen LogP contribution in [0.25, 0.3) is 0 Å². The van der Waals surface area contributed by atoms with E-state index in [9.17, 15) is 14.4 Å². The molecule has 1 saturated heterocycles. The average molecular weight is 556 g/mol. The van der Waals surface area contributed by atoms with Crippen molar-refractivity contribution >= 4 is 17.7 Å². The Balaban J connectivity index is 1.27. The van der Waals surface area contributed by atoms with Crippen molar-refractivity contribution in [2.24, 2.45) is 5.92 Å². The second-order valence-electron chi connectivity index (χ2n) is 11.1. The molecule has 1 aliphatic heterocycles. The zero-order chi connectivity index (χ0) is 29.0. The fraction of sp³-hybridized carbons (Fsp3) is 0.382. The van der Waals surface area contributed by atoms with Gasteiger partial charge in [-0.1, -0.05) is 72.8 Å². The highest BCUT2D eigenvalue weighted by atomic mass is 16.5. The maximum atomic E-state index is 13.0. The summed E-state index contributed by atoms with van der Waals surface area (Å²) in [6, 6.07) is 26.7. The van der Waals surface area contributed by atoms with Crippen molar-refractivity contribution in [3.8, 4) is 5.75 Å². The lowest BCUT2D eigenvalue weighted by Crippen LogP contribution is -2.50. The van der Waals surface area contributed by atoms with Gasteiger partial charge in [0.25, 0.3) is 0 Å². The van der Waals surface area contributed by atoms with E-state index in [0.29, 0.717) is 39.0 Å². The molecule has 1 fully saturated rings. The van der Waals surface area contributed by atoms with Crippen LogP contribution in [0, 0.1) is 5.92 Å². The van der Waals surface area contributed by atoms with Gasteiger partial charge in [0, 0.05) is 32.0 Å². The van der Waals surface area contributed by atoms with Crippen molar-refractivity contribution in [2.45, 2.75) is 64.6 Å². The van der Waals surface area contributed by atoms with Crippen molar-refractivity contribution in [3.05, 3.63) is 102 Å². The fourth-order valence-corrected chi connectivity index (χ4v) is 5.08. The number of nitrogens with one attached hydrogen (secondary N) is 2. The molecule has 3 aromatic rings. The van der Waals surface area contributed by atoms with E-state index in [1.54, 1.807) is 0 Å². The molecule has 4 rings (SSSR count). The lowest BCUT2D eigenvalue weighted by Gasteiger charge is -2.32. The second-order valence-corrected chi connectivity index (χ2v) is 11.1. The summed E-state index contributed by atoms with van der Waals surface area (Å²) in [4.78, 5) is 40.6. The van der Waals surface area contributed by atoms with Crippen molar-refractivity contribution in [3.63, 3.8) is 0 Å². The smallest absolute Gasteiger partial charge is 0.243 e. The first kappa shape index (κ1) is 29.8. The Hall–Kier alpha value is -4.13. The predicted octanol–water partition coefficient (Wildman–Crippen LogP) is 4.69. The molecule has 1 atom stereocenters. The van der Waals surface area contributed by atoms with Crippen LogP contribution in [-0.2, 0) is 33.8 Å². The van der Waals surface area contributed by atoms with E-state index in [1.807, 2.05) is 104 Å². The molecule has 0 aliphatic carbocycles. The number of amides is 3. The molecule has 7 heteroatoms. The number of ether oxygens (including phenoxy) is 1. The molecule has 1 aliphatic rings. The van der Waals surface area contributed by atoms with Gasteiger partial charge in [-0.25, -0.2) is 0 Å². The molecule has 1 heterocycles. The van der Waals surface area contributed by atoms with Gasteiger partial charge in [-0.2, -0.15) is 0 Å². The third-order valence-corrected chi connectivity index (χ3v) is 7.33. The quantitative estimate of drug-likeness (QED) is 0.340. The van der Waals surface area contributed by atoms with Crippen LogP contribution in [0.5, 0.6) is 5.75 Å². The maximum Gasteiger partial charge on any atom is 0.243 e. The number of carbonyl (C=O) groups excluding carboxylic acids is 3. The van der Waals surface area contributed by atoms with Gasteiger partial charge in [0.15, 0.2) is 0 Å². The van der Waals surface area contributed by atoms with Gasteiger partial charge < -0.3 is 20.3 Å². The lowest BCUT2D eigenvalue weighted by molar-refractivity contribution is -0.132. The van der Waals surface area contributed by atoms with Gasteiger partial charge >= 0.3 is 0 Å². The highest BCUT2D eigenvalue weighted by Crippen LogP contribution is 2.22. The molecule has 3 aromatic carbocycles. The lowest BCUT2D eigenvalue weighted by atomic mass is 9.92. The normalized spacial score (nSPS) is 14.4.